The Balaban J connectivity index is 1.76. The smallest absolute Gasteiger partial charge is 0.343 e. The van der Waals surface area contributed by atoms with Gasteiger partial charge in [-0.2, -0.15) is 0 Å². The van der Waals surface area contributed by atoms with Gasteiger partial charge in [0.2, 0.25) is 0 Å². The number of carbonyl (C=O) groups is 1. The number of hydrazine groups is 1. The van der Waals surface area contributed by atoms with Gasteiger partial charge in [-0.15, -0.1) is 0 Å². The first kappa shape index (κ1) is 14.9. The Kier molecular flexibility index (Phi) is 5.60. The summed E-state index contributed by atoms with van der Waals surface area (Å²) in [6, 6.07) is 17.4. The number of anilines is 1. The maximum absolute atomic E-state index is 11.0. The number of nitrogens with one attached hydrogen (secondary N) is 2. The molecule has 21 heavy (non-hydrogen) atoms. The third-order valence-corrected chi connectivity index (χ3v) is 2.81. The van der Waals surface area contributed by atoms with E-state index in [4.69, 9.17) is 4.74 Å². The fraction of sp³-hybridized carbons (Fsp3) is 0.188. The van der Waals surface area contributed by atoms with E-state index in [2.05, 4.69) is 15.6 Å². The van der Waals surface area contributed by atoms with E-state index < -0.39 is 5.97 Å². The molecule has 0 aliphatic rings. The maximum Gasteiger partial charge on any atom is 0.343 e. The largest absolute Gasteiger partial charge is 0.482 e. The van der Waals surface area contributed by atoms with Crippen molar-refractivity contribution in [3.63, 3.8) is 0 Å². The monoisotopic (exact) mass is 286 g/mol. The molecule has 0 fully saturated rings. The average molecular weight is 286 g/mol. The molecule has 0 unspecified atom stereocenters. The van der Waals surface area contributed by atoms with Gasteiger partial charge < -0.3 is 14.9 Å². The first-order chi connectivity index (χ1) is 10.3. The molecule has 0 aromatic heterocycles. The molecule has 0 radical (unpaired) electrons. The van der Waals surface area contributed by atoms with E-state index in [0.29, 0.717) is 12.3 Å². The first-order valence-electron chi connectivity index (χ1n) is 6.60. The van der Waals surface area contributed by atoms with E-state index in [-0.39, 0.29) is 6.61 Å². The number of para-hydroxylation sites is 1. The van der Waals surface area contributed by atoms with Gasteiger partial charge in [-0.1, -0.05) is 30.3 Å². The SMILES string of the molecule is COC(=O)COc1ccc(CNNc2ccccc2)cc1. The molecule has 2 aromatic carbocycles. The predicted octanol–water partition coefficient (Wildman–Crippen LogP) is 2.36. The second-order valence-electron chi connectivity index (χ2n) is 4.35. The van der Waals surface area contributed by atoms with Crippen molar-refractivity contribution in [3.05, 3.63) is 60.2 Å². The van der Waals surface area contributed by atoms with Crippen LogP contribution in [0.25, 0.3) is 0 Å². The molecular weight excluding hydrogens is 268 g/mol. The predicted molar refractivity (Wildman–Crippen MR) is 80.9 cm³/mol. The van der Waals surface area contributed by atoms with Crippen molar-refractivity contribution >= 4 is 11.7 Å². The third kappa shape index (κ3) is 5.16. The van der Waals surface area contributed by atoms with Crippen LogP contribution in [0.15, 0.2) is 54.6 Å². The Labute approximate surface area is 123 Å². The lowest BCUT2D eigenvalue weighted by molar-refractivity contribution is -0.142. The molecule has 0 aliphatic heterocycles. The normalized spacial score (nSPS) is 9.95. The first-order valence-corrected chi connectivity index (χ1v) is 6.60. The van der Waals surface area contributed by atoms with Crippen molar-refractivity contribution in [2.45, 2.75) is 6.54 Å². The Morgan fingerprint density at radius 1 is 1.05 bits per heavy atom. The molecule has 5 heteroatoms. The van der Waals surface area contributed by atoms with Crippen molar-refractivity contribution in [3.8, 4) is 5.75 Å². The number of esters is 1. The van der Waals surface area contributed by atoms with E-state index in [1.807, 2.05) is 54.6 Å². The lowest BCUT2D eigenvalue weighted by Gasteiger charge is -2.09. The highest BCUT2D eigenvalue weighted by Gasteiger charge is 2.01. The van der Waals surface area contributed by atoms with Gasteiger partial charge in [0.1, 0.15) is 5.75 Å². The fourth-order valence-electron chi connectivity index (χ4n) is 1.67. The van der Waals surface area contributed by atoms with Gasteiger partial charge >= 0.3 is 5.97 Å². The topological polar surface area (TPSA) is 59.6 Å². The Bertz CT molecular complexity index is 555. The number of rotatable bonds is 7. The molecule has 2 aromatic rings. The van der Waals surface area contributed by atoms with Crippen LogP contribution in [0.2, 0.25) is 0 Å². The van der Waals surface area contributed by atoms with Crippen LogP contribution in [-0.2, 0) is 16.1 Å². The number of methoxy groups -OCH3 is 1. The molecule has 0 saturated carbocycles. The summed E-state index contributed by atoms with van der Waals surface area (Å²) in [6.07, 6.45) is 0. The second-order valence-corrected chi connectivity index (χ2v) is 4.35. The minimum Gasteiger partial charge on any atom is -0.482 e. The molecule has 2 rings (SSSR count). The van der Waals surface area contributed by atoms with Crippen molar-refractivity contribution in [1.29, 1.82) is 0 Å². The summed E-state index contributed by atoms with van der Waals surface area (Å²) in [7, 11) is 1.33. The van der Waals surface area contributed by atoms with Crippen LogP contribution in [-0.4, -0.2) is 19.7 Å². The zero-order valence-corrected chi connectivity index (χ0v) is 11.8. The maximum atomic E-state index is 11.0. The van der Waals surface area contributed by atoms with Crippen LogP contribution in [0.5, 0.6) is 5.75 Å². The van der Waals surface area contributed by atoms with Gasteiger partial charge in [-0.3, -0.25) is 0 Å². The summed E-state index contributed by atoms with van der Waals surface area (Å²) in [6.45, 7) is 0.593. The van der Waals surface area contributed by atoms with Gasteiger partial charge in [-0.05, 0) is 29.8 Å². The van der Waals surface area contributed by atoms with Crippen molar-refractivity contribution < 1.29 is 14.3 Å². The summed E-state index contributed by atoms with van der Waals surface area (Å²) in [5.41, 5.74) is 8.36. The highest BCUT2D eigenvalue weighted by atomic mass is 16.6. The zero-order valence-electron chi connectivity index (χ0n) is 11.8. The Morgan fingerprint density at radius 2 is 1.76 bits per heavy atom. The van der Waals surface area contributed by atoms with Crippen LogP contribution in [0.3, 0.4) is 0 Å². The van der Waals surface area contributed by atoms with E-state index in [1.54, 1.807) is 0 Å². The van der Waals surface area contributed by atoms with Crippen LogP contribution >= 0.6 is 0 Å². The summed E-state index contributed by atoms with van der Waals surface area (Å²) in [5, 5.41) is 0. The lowest BCUT2D eigenvalue weighted by Crippen LogP contribution is -2.20. The van der Waals surface area contributed by atoms with E-state index in [9.17, 15) is 4.79 Å². The molecule has 5 nitrogen and oxygen atoms in total. The van der Waals surface area contributed by atoms with Crippen LogP contribution in [0.1, 0.15) is 5.56 Å². The minimum absolute atomic E-state index is 0.0797. The van der Waals surface area contributed by atoms with E-state index in [1.165, 1.54) is 7.11 Å². The quantitative estimate of drug-likeness (QED) is 0.604. The van der Waals surface area contributed by atoms with E-state index in [0.717, 1.165) is 11.3 Å². The molecule has 0 bridgehead atoms. The van der Waals surface area contributed by atoms with Crippen LogP contribution < -0.4 is 15.6 Å². The summed E-state index contributed by atoms with van der Waals surface area (Å²) < 4.78 is 9.79. The molecule has 0 amide bonds. The molecule has 110 valence electrons. The molecular formula is C16H18N2O3. The van der Waals surface area contributed by atoms with Gasteiger partial charge in [0.15, 0.2) is 6.61 Å². The third-order valence-electron chi connectivity index (χ3n) is 2.81. The van der Waals surface area contributed by atoms with Crippen molar-refractivity contribution in [2.75, 3.05) is 19.1 Å². The molecule has 0 saturated heterocycles. The van der Waals surface area contributed by atoms with Crippen LogP contribution in [0, 0.1) is 0 Å². The second kappa shape index (κ2) is 7.91. The Hall–Kier alpha value is -2.53. The van der Waals surface area contributed by atoms with E-state index >= 15 is 0 Å². The minimum atomic E-state index is -0.396. The number of hydrogen-bond donors (Lipinski definition) is 2. The number of carbonyl (C=O) groups excluding carboxylic acids is 1. The van der Waals surface area contributed by atoms with Crippen LogP contribution in [0.4, 0.5) is 5.69 Å². The molecule has 0 atom stereocenters. The van der Waals surface area contributed by atoms with Crippen molar-refractivity contribution in [1.82, 2.24) is 5.43 Å². The van der Waals surface area contributed by atoms with Crippen molar-refractivity contribution in [2.24, 2.45) is 0 Å². The number of ether oxygens (including phenoxy) is 2. The summed E-state index contributed by atoms with van der Waals surface area (Å²) >= 11 is 0. The molecule has 2 N–H and O–H groups in total. The summed E-state index contributed by atoms with van der Waals surface area (Å²) in [4.78, 5) is 11.0. The highest BCUT2D eigenvalue weighted by Crippen LogP contribution is 2.12. The molecule has 0 heterocycles. The number of benzene rings is 2. The highest BCUT2D eigenvalue weighted by molar-refractivity contribution is 5.70. The van der Waals surface area contributed by atoms with Gasteiger partial charge in [-0.25, -0.2) is 10.2 Å². The molecule has 0 aliphatic carbocycles. The standard InChI is InChI=1S/C16H18N2O3/c1-20-16(19)12-21-15-9-7-13(8-10-15)11-17-18-14-5-3-2-4-6-14/h2-10,17-18H,11-12H2,1H3. The summed E-state index contributed by atoms with van der Waals surface area (Å²) in [5.74, 6) is 0.243. The Morgan fingerprint density at radius 3 is 2.43 bits per heavy atom. The fourth-order valence-corrected chi connectivity index (χ4v) is 1.67. The van der Waals surface area contributed by atoms with Gasteiger partial charge in [0, 0.05) is 12.2 Å². The van der Waals surface area contributed by atoms with Gasteiger partial charge in [0.25, 0.3) is 0 Å². The molecule has 0 spiro atoms. The lowest BCUT2D eigenvalue weighted by atomic mass is 10.2. The average Bonchev–Trinajstić information content (AvgIpc) is 2.55. The zero-order chi connectivity index (χ0) is 14.9. The van der Waals surface area contributed by atoms with Gasteiger partial charge in [0.05, 0.1) is 7.11 Å². The number of hydrogen-bond acceptors (Lipinski definition) is 5.